The second-order valence-corrected chi connectivity index (χ2v) is 3.20. The van der Waals surface area contributed by atoms with Crippen molar-refractivity contribution in [2.24, 2.45) is 0 Å². The number of aryl methyl sites for hydroxylation is 1. The predicted octanol–water partition coefficient (Wildman–Crippen LogP) is 1.87. The van der Waals surface area contributed by atoms with E-state index in [2.05, 4.69) is 22.2 Å². The molecule has 4 nitrogen and oxygen atoms in total. The average Bonchev–Trinajstić information content (AvgIpc) is 2.77. The highest BCUT2D eigenvalue weighted by molar-refractivity contribution is 5.39. The lowest BCUT2D eigenvalue weighted by atomic mass is 10.4. The highest BCUT2D eigenvalue weighted by Gasteiger charge is 2.03. The molecular weight excluding hydrogens is 188 g/mol. The number of pyridine rings is 1. The molecule has 0 aliphatic heterocycles. The molecule has 0 aromatic carbocycles. The van der Waals surface area contributed by atoms with Gasteiger partial charge < -0.3 is 5.32 Å². The Morgan fingerprint density at radius 1 is 1.40 bits per heavy atom. The molecule has 0 saturated carbocycles. The van der Waals surface area contributed by atoms with E-state index in [1.165, 1.54) is 0 Å². The Morgan fingerprint density at radius 3 is 3.00 bits per heavy atom. The first kappa shape index (κ1) is 9.71. The van der Waals surface area contributed by atoms with Crippen molar-refractivity contribution in [3.63, 3.8) is 0 Å². The van der Waals surface area contributed by atoms with Crippen LogP contribution < -0.4 is 5.32 Å². The van der Waals surface area contributed by atoms with Gasteiger partial charge in [0.15, 0.2) is 0 Å². The maximum absolute atomic E-state index is 4.45. The molecule has 15 heavy (non-hydrogen) atoms. The zero-order valence-electron chi connectivity index (χ0n) is 8.94. The van der Waals surface area contributed by atoms with E-state index in [0.717, 1.165) is 23.9 Å². The Hall–Kier alpha value is -1.84. The van der Waals surface area contributed by atoms with E-state index in [1.807, 2.05) is 36.0 Å². The normalized spacial score (nSPS) is 10.3. The number of imidazole rings is 1. The van der Waals surface area contributed by atoms with Gasteiger partial charge in [0.1, 0.15) is 17.5 Å². The van der Waals surface area contributed by atoms with E-state index in [-0.39, 0.29) is 0 Å². The lowest BCUT2D eigenvalue weighted by molar-refractivity contribution is 0.868. The van der Waals surface area contributed by atoms with Crippen molar-refractivity contribution in [2.75, 3.05) is 12.4 Å². The van der Waals surface area contributed by atoms with Crippen molar-refractivity contribution in [1.82, 2.24) is 14.5 Å². The summed E-state index contributed by atoms with van der Waals surface area (Å²) in [4.78, 5) is 8.72. The van der Waals surface area contributed by atoms with Crippen LogP contribution in [-0.2, 0) is 6.42 Å². The number of anilines is 1. The summed E-state index contributed by atoms with van der Waals surface area (Å²) >= 11 is 0. The van der Waals surface area contributed by atoms with Crippen LogP contribution in [0.3, 0.4) is 0 Å². The van der Waals surface area contributed by atoms with Gasteiger partial charge in [0, 0.05) is 25.9 Å². The first-order chi connectivity index (χ1) is 7.35. The van der Waals surface area contributed by atoms with Gasteiger partial charge in [-0.15, -0.1) is 0 Å². The number of hydrogen-bond acceptors (Lipinski definition) is 3. The third-order valence-electron chi connectivity index (χ3n) is 2.27. The van der Waals surface area contributed by atoms with Gasteiger partial charge in [-0.25, -0.2) is 9.97 Å². The van der Waals surface area contributed by atoms with Crippen molar-refractivity contribution in [1.29, 1.82) is 0 Å². The summed E-state index contributed by atoms with van der Waals surface area (Å²) in [5.74, 6) is 2.79. The fourth-order valence-corrected chi connectivity index (χ4v) is 1.50. The van der Waals surface area contributed by atoms with E-state index in [1.54, 1.807) is 6.20 Å². The van der Waals surface area contributed by atoms with Crippen LogP contribution in [0.15, 0.2) is 30.6 Å². The van der Waals surface area contributed by atoms with E-state index in [0.29, 0.717) is 0 Å². The van der Waals surface area contributed by atoms with Crippen molar-refractivity contribution < 1.29 is 0 Å². The van der Waals surface area contributed by atoms with Crippen molar-refractivity contribution >= 4 is 5.82 Å². The minimum Gasteiger partial charge on any atom is -0.373 e. The molecule has 0 aliphatic carbocycles. The van der Waals surface area contributed by atoms with E-state index in [9.17, 15) is 0 Å². The van der Waals surface area contributed by atoms with Crippen LogP contribution in [0.5, 0.6) is 0 Å². The molecule has 0 radical (unpaired) electrons. The number of rotatable bonds is 3. The third-order valence-corrected chi connectivity index (χ3v) is 2.27. The molecule has 0 fully saturated rings. The van der Waals surface area contributed by atoms with Gasteiger partial charge in [0.05, 0.1) is 0 Å². The number of hydrogen-bond donors (Lipinski definition) is 1. The largest absolute Gasteiger partial charge is 0.373 e. The van der Waals surface area contributed by atoms with Crippen LogP contribution in [-0.4, -0.2) is 21.6 Å². The molecule has 0 amide bonds. The van der Waals surface area contributed by atoms with Gasteiger partial charge in [0.25, 0.3) is 0 Å². The summed E-state index contributed by atoms with van der Waals surface area (Å²) < 4.78 is 2.00. The first-order valence-electron chi connectivity index (χ1n) is 5.02. The zero-order chi connectivity index (χ0) is 10.7. The molecule has 0 bridgehead atoms. The zero-order valence-corrected chi connectivity index (χ0v) is 8.94. The summed E-state index contributed by atoms with van der Waals surface area (Å²) in [5, 5.41) is 3.02. The maximum Gasteiger partial charge on any atom is 0.140 e. The van der Waals surface area contributed by atoms with Gasteiger partial charge in [-0.3, -0.25) is 4.57 Å². The summed E-state index contributed by atoms with van der Waals surface area (Å²) in [7, 11) is 1.86. The van der Waals surface area contributed by atoms with Crippen LogP contribution in [0, 0.1) is 0 Å². The van der Waals surface area contributed by atoms with Gasteiger partial charge in [-0.1, -0.05) is 13.0 Å². The van der Waals surface area contributed by atoms with Crippen LogP contribution in [0.4, 0.5) is 5.82 Å². The lowest BCUT2D eigenvalue weighted by Gasteiger charge is -2.06. The second kappa shape index (κ2) is 4.13. The molecule has 0 atom stereocenters. The quantitative estimate of drug-likeness (QED) is 0.826. The Labute approximate surface area is 89.0 Å². The molecule has 2 rings (SSSR count). The van der Waals surface area contributed by atoms with E-state index >= 15 is 0 Å². The van der Waals surface area contributed by atoms with E-state index in [4.69, 9.17) is 0 Å². The molecule has 0 unspecified atom stereocenters. The number of nitrogens with one attached hydrogen (secondary N) is 1. The topological polar surface area (TPSA) is 42.7 Å². The predicted molar refractivity (Wildman–Crippen MR) is 60.3 cm³/mol. The monoisotopic (exact) mass is 202 g/mol. The molecule has 78 valence electrons. The molecule has 2 aromatic heterocycles. The first-order valence-corrected chi connectivity index (χ1v) is 5.02. The Bertz CT molecular complexity index is 447. The number of aromatic nitrogens is 3. The summed E-state index contributed by atoms with van der Waals surface area (Å²) in [6.07, 6.45) is 4.63. The minimum atomic E-state index is 0.864. The van der Waals surface area contributed by atoms with Crippen molar-refractivity contribution in [3.05, 3.63) is 36.4 Å². The molecule has 0 aliphatic rings. The van der Waals surface area contributed by atoms with Crippen LogP contribution in [0.2, 0.25) is 0 Å². The van der Waals surface area contributed by atoms with Crippen LogP contribution in [0.1, 0.15) is 12.7 Å². The average molecular weight is 202 g/mol. The lowest BCUT2D eigenvalue weighted by Crippen LogP contribution is -2.03. The molecule has 0 spiro atoms. The minimum absolute atomic E-state index is 0.864. The standard InChI is InChI=1S/C11H14N4/c1-3-10-13-7-8-15(10)11-6-4-5-9(12-2)14-11/h4-8H,3H2,1-2H3,(H,12,14). The van der Waals surface area contributed by atoms with Gasteiger partial charge in [0.2, 0.25) is 0 Å². The van der Waals surface area contributed by atoms with Crippen molar-refractivity contribution in [2.45, 2.75) is 13.3 Å². The van der Waals surface area contributed by atoms with Gasteiger partial charge in [-0.05, 0) is 12.1 Å². The third kappa shape index (κ3) is 1.83. The smallest absolute Gasteiger partial charge is 0.140 e. The second-order valence-electron chi connectivity index (χ2n) is 3.20. The SMILES string of the molecule is CCc1nccn1-c1cccc(NC)n1. The molecule has 0 saturated heterocycles. The molecule has 4 heteroatoms. The molecule has 2 aromatic rings. The summed E-state index contributed by atoms with van der Waals surface area (Å²) in [6.45, 7) is 2.08. The van der Waals surface area contributed by atoms with E-state index < -0.39 is 0 Å². The summed E-state index contributed by atoms with van der Waals surface area (Å²) in [5.41, 5.74) is 0. The Kier molecular flexibility index (Phi) is 2.67. The van der Waals surface area contributed by atoms with Crippen molar-refractivity contribution in [3.8, 4) is 5.82 Å². The van der Waals surface area contributed by atoms with Gasteiger partial charge in [-0.2, -0.15) is 0 Å². The van der Waals surface area contributed by atoms with Crippen LogP contribution in [0.25, 0.3) is 5.82 Å². The Morgan fingerprint density at radius 2 is 2.27 bits per heavy atom. The molecule has 1 N–H and O–H groups in total. The highest BCUT2D eigenvalue weighted by atomic mass is 15.1. The Balaban J connectivity index is 2.44. The maximum atomic E-state index is 4.45. The fourth-order valence-electron chi connectivity index (χ4n) is 1.50. The molecular formula is C11H14N4. The van der Waals surface area contributed by atoms with Gasteiger partial charge >= 0.3 is 0 Å². The fraction of sp³-hybridized carbons (Fsp3) is 0.273. The van der Waals surface area contributed by atoms with Crippen LogP contribution >= 0.6 is 0 Å². The summed E-state index contributed by atoms with van der Waals surface area (Å²) in [6, 6.07) is 5.89. The highest BCUT2D eigenvalue weighted by Crippen LogP contribution is 2.11. The number of nitrogens with zero attached hydrogens (tertiary/aromatic N) is 3. The molecule has 2 heterocycles.